The van der Waals surface area contributed by atoms with Gasteiger partial charge in [0.15, 0.2) is 11.9 Å². The predicted octanol–water partition coefficient (Wildman–Crippen LogP) is 3.15. The summed E-state index contributed by atoms with van der Waals surface area (Å²) in [5, 5.41) is 0. The van der Waals surface area contributed by atoms with E-state index in [2.05, 4.69) is 0 Å². The number of carbonyl (C=O) groups is 1. The Morgan fingerprint density at radius 3 is 2.59 bits per heavy atom. The second-order valence-corrected chi connectivity index (χ2v) is 4.43. The molecule has 0 aromatic carbocycles. The van der Waals surface area contributed by atoms with E-state index in [9.17, 15) is 18.0 Å². The molecule has 2 unspecified atom stereocenters. The zero-order valence-electron chi connectivity index (χ0n) is 9.38. The average molecular weight is 246 g/mol. The first-order chi connectivity index (χ1) is 7.89. The van der Waals surface area contributed by atoms with Crippen LogP contribution in [0.1, 0.15) is 26.2 Å². The molecule has 0 radical (unpaired) electrons. The van der Waals surface area contributed by atoms with E-state index in [0.29, 0.717) is 19.3 Å². The summed E-state index contributed by atoms with van der Waals surface area (Å²) in [6, 6.07) is 0. The second kappa shape index (κ2) is 4.20. The number of allylic oxidation sites excluding steroid dienone is 4. The summed E-state index contributed by atoms with van der Waals surface area (Å²) in [6.07, 6.45) is -1.13. The Bertz CT molecular complexity index is 393. The van der Waals surface area contributed by atoms with E-state index in [0.717, 1.165) is 6.08 Å². The third-order valence-electron chi connectivity index (χ3n) is 3.07. The summed E-state index contributed by atoms with van der Waals surface area (Å²) in [5.41, 5.74) is -0.754. The summed E-state index contributed by atoms with van der Waals surface area (Å²) in [7, 11) is 0. The first-order valence-electron chi connectivity index (χ1n) is 5.57. The minimum Gasteiger partial charge on any atom is -0.486 e. The molecule has 2 nitrogen and oxygen atoms in total. The van der Waals surface area contributed by atoms with Crippen molar-refractivity contribution in [2.45, 2.75) is 38.5 Å². The van der Waals surface area contributed by atoms with Crippen LogP contribution in [0.15, 0.2) is 23.5 Å². The molecule has 17 heavy (non-hydrogen) atoms. The lowest BCUT2D eigenvalue weighted by molar-refractivity contribution is -0.138. The molecule has 0 bridgehead atoms. The Morgan fingerprint density at radius 2 is 2.12 bits per heavy atom. The van der Waals surface area contributed by atoms with Crippen LogP contribution in [-0.4, -0.2) is 18.1 Å². The number of ketones is 1. The standard InChI is InChI=1S/C12H13F3O2/c1-7-3-2-4-8(12(13,14)15)11(7)17-10-6-5-9(10)16/h2,4,7,10H,3,5-6H2,1H3. The molecule has 0 N–H and O–H groups in total. The van der Waals surface area contributed by atoms with Crippen LogP contribution in [0.2, 0.25) is 0 Å². The van der Waals surface area contributed by atoms with E-state index >= 15 is 0 Å². The zero-order chi connectivity index (χ0) is 12.6. The lowest BCUT2D eigenvalue weighted by Crippen LogP contribution is -2.36. The van der Waals surface area contributed by atoms with Crippen LogP contribution in [0.4, 0.5) is 13.2 Å². The largest absolute Gasteiger partial charge is 0.486 e. The lowest BCUT2D eigenvalue weighted by atomic mass is 9.91. The SMILES string of the molecule is CC1CC=CC(C(F)(F)F)=C1OC1CCC1=O. The fraction of sp³-hybridized carbons (Fsp3) is 0.583. The smallest absolute Gasteiger partial charge is 0.419 e. The van der Waals surface area contributed by atoms with Gasteiger partial charge < -0.3 is 4.74 Å². The zero-order valence-corrected chi connectivity index (χ0v) is 9.38. The van der Waals surface area contributed by atoms with Gasteiger partial charge in [0.05, 0.1) is 5.57 Å². The molecule has 2 aliphatic carbocycles. The van der Waals surface area contributed by atoms with Crippen molar-refractivity contribution in [1.82, 2.24) is 0 Å². The van der Waals surface area contributed by atoms with Crippen LogP contribution in [0, 0.1) is 5.92 Å². The van der Waals surface area contributed by atoms with Gasteiger partial charge in [-0.25, -0.2) is 0 Å². The van der Waals surface area contributed by atoms with Crippen molar-refractivity contribution in [3.05, 3.63) is 23.5 Å². The van der Waals surface area contributed by atoms with E-state index in [1.54, 1.807) is 6.92 Å². The van der Waals surface area contributed by atoms with E-state index in [1.807, 2.05) is 0 Å². The van der Waals surface area contributed by atoms with Gasteiger partial charge in [-0.1, -0.05) is 19.1 Å². The molecule has 0 aromatic heterocycles. The second-order valence-electron chi connectivity index (χ2n) is 4.43. The molecule has 0 saturated heterocycles. The van der Waals surface area contributed by atoms with Gasteiger partial charge in [0, 0.05) is 12.3 Å². The summed E-state index contributed by atoms with van der Waals surface area (Å²) in [6.45, 7) is 1.67. The van der Waals surface area contributed by atoms with Crippen molar-refractivity contribution in [2.75, 3.05) is 0 Å². The van der Waals surface area contributed by atoms with E-state index in [-0.39, 0.29) is 17.5 Å². The topological polar surface area (TPSA) is 26.3 Å². The van der Waals surface area contributed by atoms with Gasteiger partial charge in [0.2, 0.25) is 0 Å². The van der Waals surface area contributed by atoms with Crippen molar-refractivity contribution in [3.8, 4) is 0 Å². The van der Waals surface area contributed by atoms with Gasteiger partial charge >= 0.3 is 6.18 Å². The van der Waals surface area contributed by atoms with Crippen molar-refractivity contribution in [1.29, 1.82) is 0 Å². The van der Waals surface area contributed by atoms with Crippen LogP contribution in [0.25, 0.3) is 0 Å². The first kappa shape index (κ1) is 12.2. The van der Waals surface area contributed by atoms with Crippen molar-refractivity contribution < 1.29 is 22.7 Å². The number of carbonyl (C=O) groups excluding carboxylic acids is 1. The fourth-order valence-electron chi connectivity index (χ4n) is 1.92. The molecule has 0 aliphatic heterocycles. The third kappa shape index (κ3) is 2.37. The first-order valence-corrected chi connectivity index (χ1v) is 5.57. The van der Waals surface area contributed by atoms with Crippen LogP contribution >= 0.6 is 0 Å². The summed E-state index contributed by atoms with van der Waals surface area (Å²) >= 11 is 0. The fourth-order valence-corrected chi connectivity index (χ4v) is 1.92. The Morgan fingerprint density at radius 1 is 1.41 bits per heavy atom. The van der Waals surface area contributed by atoms with Gasteiger partial charge in [-0.05, 0) is 12.8 Å². The van der Waals surface area contributed by atoms with Gasteiger partial charge in [-0.3, -0.25) is 4.79 Å². The number of Topliss-reactive ketones (excluding diaryl/α,β-unsaturated/α-hetero) is 1. The van der Waals surface area contributed by atoms with Crippen LogP contribution in [0.3, 0.4) is 0 Å². The highest BCUT2D eigenvalue weighted by molar-refractivity contribution is 5.88. The number of ether oxygens (including phenoxy) is 1. The number of hydrogen-bond donors (Lipinski definition) is 0. The van der Waals surface area contributed by atoms with Crippen LogP contribution in [-0.2, 0) is 9.53 Å². The Labute approximate surface area is 97.1 Å². The highest BCUT2D eigenvalue weighted by Crippen LogP contribution is 2.38. The quantitative estimate of drug-likeness (QED) is 0.748. The minimum atomic E-state index is -4.42. The van der Waals surface area contributed by atoms with Crippen molar-refractivity contribution >= 4 is 5.78 Å². The molecule has 1 fully saturated rings. The molecule has 0 heterocycles. The number of halogens is 3. The maximum Gasteiger partial charge on any atom is 0.419 e. The maximum atomic E-state index is 12.8. The summed E-state index contributed by atoms with van der Waals surface area (Å²) in [4.78, 5) is 11.1. The predicted molar refractivity (Wildman–Crippen MR) is 55.1 cm³/mol. The van der Waals surface area contributed by atoms with E-state index < -0.39 is 17.9 Å². The van der Waals surface area contributed by atoms with E-state index in [1.165, 1.54) is 6.08 Å². The molecule has 2 atom stereocenters. The van der Waals surface area contributed by atoms with Gasteiger partial charge in [0.25, 0.3) is 0 Å². The van der Waals surface area contributed by atoms with Gasteiger partial charge in [-0.15, -0.1) is 0 Å². The Kier molecular flexibility index (Phi) is 3.02. The summed E-state index contributed by atoms with van der Waals surface area (Å²) in [5.74, 6) is -0.524. The number of alkyl halides is 3. The molecule has 1 saturated carbocycles. The van der Waals surface area contributed by atoms with Crippen molar-refractivity contribution in [2.24, 2.45) is 5.92 Å². The van der Waals surface area contributed by atoms with Crippen molar-refractivity contribution in [3.63, 3.8) is 0 Å². The highest BCUT2D eigenvalue weighted by atomic mass is 19.4. The van der Waals surface area contributed by atoms with Crippen LogP contribution < -0.4 is 0 Å². The maximum absolute atomic E-state index is 12.8. The van der Waals surface area contributed by atoms with E-state index in [4.69, 9.17) is 4.74 Å². The third-order valence-corrected chi connectivity index (χ3v) is 3.07. The highest BCUT2D eigenvalue weighted by Gasteiger charge is 2.40. The molecule has 2 aliphatic rings. The molecular formula is C12H13F3O2. The van der Waals surface area contributed by atoms with Gasteiger partial charge in [0.1, 0.15) is 5.76 Å². The molecule has 0 amide bonds. The Hall–Kier alpha value is -1.26. The molecule has 0 spiro atoms. The molecular weight excluding hydrogens is 233 g/mol. The average Bonchev–Trinajstić information content (AvgIpc) is 2.23. The normalized spacial score (nSPS) is 29.3. The molecule has 5 heteroatoms. The minimum absolute atomic E-state index is 0.0851. The van der Waals surface area contributed by atoms with Gasteiger partial charge in [-0.2, -0.15) is 13.2 Å². The molecule has 2 rings (SSSR count). The monoisotopic (exact) mass is 246 g/mol. The number of hydrogen-bond acceptors (Lipinski definition) is 2. The molecule has 94 valence electrons. The lowest BCUT2D eigenvalue weighted by Gasteiger charge is -2.31. The van der Waals surface area contributed by atoms with Crippen LogP contribution in [0.5, 0.6) is 0 Å². The molecule has 0 aromatic rings. The summed E-state index contributed by atoms with van der Waals surface area (Å²) < 4.78 is 43.5. The Balaban J connectivity index is 2.25. The number of rotatable bonds is 2.